The number of nitrogens with one attached hydrogen (secondary N) is 1. The lowest BCUT2D eigenvalue weighted by Crippen LogP contribution is -2.24. The number of carbonyl (C=O) groups excluding carboxylic acids is 2. The highest BCUT2D eigenvalue weighted by atomic mass is 16.5. The maximum absolute atomic E-state index is 12.0. The number of hydrazone groups is 1. The second-order valence-electron chi connectivity index (χ2n) is 6.60. The first kappa shape index (κ1) is 20.8. The molecule has 30 heavy (non-hydrogen) atoms. The fraction of sp³-hybridized carbons (Fsp3) is 0.125. The van der Waals surface area contributed by atoms with E-state index in [1.165, 1.54) is 6.21 Å². The molecule has 0 radical (unpaired) electrons. The Labute approximate surface area is 175 Å². The summed E-state index contributed by atoms with van der Waals surface area (Å²) in [4.78, 5) is 23.9. The van der Waals surface area contributed by atoms with Gasteiger partial charge in [-0.2, -0.15) is 5.10 Å². The first-order valence-corrected chi connectivity index (χ1v) is 9.41. The summed E-state index contributed by atoms with van der Waals surface area (Å²) in [5, 5.41) is 3.92. The Bertz CT molecular complexity index is 1040. The Morgan fingerprint density at radius 2 is 1.67 bits per heavy atom. The number of aryl methyl sites for hydroxylation is 1. The molecule has 3 aromatic rings. The van der Waals surface area contributed by atoms with Gasteiger partial charge in [0.05, 0.1) is 11.8 Å². The Morgan fingerprint density at radius 1 is 0.933 bits per heavy atom. The molecule has 3 rings (SSSR count). The second-order valence-corrected chi connectivity index (χ2v) is 6.60. The standard InChI is InChI=1S/C24H22N2O4/c1-17-7-6-10-22(18(17)2)29-16-23(27)26-25-15-19-11-13-21(14-12-19)30-24(28)20-8-4-3-5-9-20/h3-15H,16H2,1-2H3,(H,26,27). The summed E-state index contributed by atoms with van der Waals surface area (Å²) in [5.41, 5.74) is 5.75. The zero-order valence-corrected chi connectivity index (χ0v) is 16.8. The SMILES string of the molecule is Cc1cccc(OCC(=O)NN=Cc2ccc(OC(=O)c3ccccc3)cc2)c1C. The average Bonchev–Trinajstić information content (AvgIpc) is 2.76. The third kappa shape index (κ3) is 5.78. The van der Waals surface area contributed by atoms with E-state index in [-0.39, 0.29) is 12.5 Å². The summed E-state index contributed by atoms with van der Waals surface area (Å²) in [7, 11) is 0. The summed E-state index contributed by atoms with van der Waals surface area (Å²) in [6.45, 7) is 3.80. The largest absolute Gasteiger partial charge is 0.483 e. The fourth-order valence-corrected chi connectivity index (χ4v) is 2.60. The van der Waals surface area contributed by atoms with Crippen molar-refractivity contribution < 1.29 is 19.1 Å². The number of amides is 1. The van der Waals surface area contributed by atoms with Gasteiger partial charge in [0.2, 0.25) is 0 Å². The number of hydrogen-bond acceptors (Lipinski definition) is 5. The van der Waals surface area contributed by atoms with E-state index in [0.717, 1.165) is 16.7 Å². The van der Waals surface area contributed by atoms with Crippen LogP contribution < -0.4 is 14.9 Å². The van der Waals surface area contributed by atoms with Gasteiger partial charge in [-0.15, -0.1) is 0 Å². The van der Waals surface area contributed by atoms with Crippen LogP contribution in [-0.2, 0) is 4.79 Å². The highest BCUT2D eigenvalue weighted by Gasteiger charge is 2.07. The zero-order chi connectivity index (χ0) is 21.3. The predicted molar refractivity (Wildman–Crippen MR) is 115 cm³/mol. The number of nitrogens with zero attached hydrogens (tertiary/aromatic N) is 1. The van der Waals surface area contributed by atoms with Crippen molar-refractivity contribution in [1.82, 2.24) is 5.43 Å². The van der Waals surface area contributed by atoms with Gasteiger partial charge < -0.3 is 9.47 Å². The van der Waals surface area contributed by atoms with Crippen molar-refractivity contribution in [2.45, 2.75) is 13.8 Å². The molecule has 0 heterocycles. The van der Waals surface area contributed by atoms with Crippen LogP contribution in [0.1, 0.15) is 27.0 Å². The fourth-order valence-electron chi connectivity index (χ4n) is 2.60. The summed E-state index contributed by atoms with van der Waals surface area (Å²) in [5.74, 6) is 0.315. The van der Waals surface area contributed by atoms with Gasteiger partial charge in [-0.25, -0.2) is 10.2 Å². The average molecular weight is 402 g/mol. The van der Waals surface area contributed by atoms with Gasteiger partial charge in [0.15, 0.2) is 6.61 Å². The van der Waals surface area contributed by atoms with Crippen LogP contribution in [0.25, 0.3) is 0 Å². The van der Waals surface area contributed by atoms with Crippen LogP contribution in [-0.4, -0.2) is 24.7 Å². The van der Waals surface area contributed by atoms with Crippen LogP contribution in [0.3, 0.4) is 0 Å². The van der Waals surface area contributed by atoms with Crippen LogP contribution in [0.15, 0.2) is 77.9 Å². The highest BCUT2D eigenvalue weighted by Crippen LogP contribution is 2.20. The lowest BCUT2D eigenvalue weighted by atomic mass is 10.1. The maximum Gasteiger partial charge on any atom is 0.343 e. The highest BCUT2D eigenvalue weighted by molar-refractivity contribution is 5.91. The van der Waals surface area contributed by atoms with E-state index in [4.69, 9.17) is 9.47 Å². The predicted octanol–water partition coefficient (Wildman–Crippen LogP) is 4.05. The maximum atomic E-state index is 12.0. The molecule has 0 saturated carbocycles. The Morgan fingerprint density at radius 3 is 2.40 bits per heavy atom. The first-order valence-electron chi connectivity index (χ1n) is 9.41. The van der Waals surface area contributed by atoms with Crippen LogP contribution in [0.5, 0.6) is 11.5 Å². The topological polar surface area (TPSA) is 77.0 Å². The van der Waals surface area contributed by atoms with Crippen molar-refractivity contribution in [2.24, 2.45) is 5.10 Å². The minimum absolute atomic E-state index is 0.129. The molecule has 3 aromatic carbocycles. The zero-order valence-electron chi connectivity index (χ0n) is 16.8. The number of esters is 1. The molecule has 0 saturated heterocycles. The van der Waals surface area contributed by atoms with E-state index in [1.807, 2.05) is 38.1 Å². The molecule has 1 amide bonds. The normalized spacial score (nSPS) is 10.6. The molecule has 0 atom stereocenters. The second kappa shape index (κ2) is 10.0. The van der Waals surface area contributed by atoms with Gasteiger partial charge in [0, 0.05) is 0 Å². The lowest BCUT2D eigenvalue weighted by molar-refractivity contribution is -0.123. The van der Waals surface area contributed by atoms with E-state index in [2.05, 4.69) is 10.5 Å². The Hall–Kier alpha value is -3.93. The van der Waals surface area contributed by atoms with Gasteiger partial charge >= 0.3 is 5.97 Å². The molecule has 0 unspecified atom stereocenters. The third-order valence-corrected chi connectivity index (χ3v) is 4.42. The lowest BCUT2D eigenvalue weighted by Gasteiger charge is -2.09. The molecule has 0 aliphatic rings. The molecule has 152 valence electrons. The van der Waals surface area contributed by atoms with Gasteiger partial charge in [0.1, 0.15) is 11.5 Å². The van der Waals surface area contributed by atoms with Crippen LogP contribution in [0.4, 0.5) is 0 Å². The Balaban J connectivity index is 1.47. The molecule has 6 nitrogen and oxygen atoms in total. The van der Waals surface area contributed by atoms with Crippen molar-refractivity contribution in [1.29, 1.82) is 0 Å². The summed E-state index contributed by atoms with van der Waals surface area (Å²) in [6, 6.07) is 21.2. The van der Waals surface area contributed by atoms with Crippen molar-refractivity contribution in [3.8, 4) is 11.5 Å². The van der Waals surface area contributed by atoms with Crippen LogP contribution in [0.2, 0.25) is 0 Å². The molecular weight excluding hydrogens is 380 g/mol. The molecule has 0 aliphatic carbocycles. The van der Waals surface area contributed by atoms with Crippen molar-refractivity contribution in [3.63, 3.8) is 0 Å². The van der Waals surface area contributed by atoms with E-state index in [1.54, 1.807) is 48.5 Å². The van der Waals surface area contributed by atoms with E-state index >= 15 is 0 Å². The van der Waals surface area contributed by atoms with E-state index in [0.29, 0.717) is 17.1 Å². The third-order valence-electron chi connectivity index (χ3n) is 4.42. The van der Waals surface area contributed by atoms with E-state index in [9.17, 15) is 9.59 Å². The minimum atomic E-state index is -0.423. The van der Waals surface area contributed by atoms with Crippen molar-refractivity contribution >= 4 is 18.1 Å². The van der Waals surface area contributed by atoms with Crippen LogP contribution in [0, 0.1) is 13.8 Å². The first-order chi connectivity index (χ1) is 14.5. The van der Waals surface area contributed by atoms with E-state index < -0.39 is 5.97 Å². The number of ether oxygens (including phenoxy) is 2. The number of hydrogen-bond donors (Lipinski definition) is 1. The molecule has 0 bridgehead atoms. The molecule has 0 aliphatic heterocycles. The number of benzene rings is 3. The number of carbonyl (C=O) groups is 2. The Kier molecular flexibility index (Phi) is 6.95. The number of rotatable bonds is 7. The summed E-state index contributed by atoms with van der Waals surface area (Å²) in [6.07, 6.45) is 1.50. The molecular formula is C24H22N2O4. The summed E-state index contributed by atoms with van der Waals surface area (Å²) < 4.78 is 10.9. The van der Waals surface area contributed by atoms with Gasteiger partial charge in [0.25, 0.3) is 5.91 Å². The molecule has 0 aromatic heterocycles. The van der Waals surface area contributed by atoms with Gasteiger partial charge in [-0.3, -0.25) is 4.79 Å². The monoisotopic (exact) mass is 402 g/mol. The molecule has 0 fully saturated rings. The minimum Gasteiger partial charge on any atom is -0.483 e. The quantitative estimate of drug-likeness (QED) is 0.280. The summed E-state index contributed by atoms with van der Waals surface area (Å²) >= 11 is 0. The van der Waals surface area contributed by atoms with Gasteiger partial charge in [-0.1, -0.05) is 30.3 Å². The van der Waals surface area contributed by atoms with Gasteiger partial charge in [-0.05, 0) is 73.0 Å². The van der Waals surface area contributed by atoms with Crippen LogP contribution >= 0.6 is 0 Å². The molecule has 1 N–H and O–H groups in total. The van der Waals surface area contributed by atoms with Crippen molar-refractivity contribution in [2.75, 3.05) is 6.61 Å². The smallest absolute Gasteiger partial charge is 0.343 e. The molecule has 6 heteroatoms. The van der Waals surface area contributed by atoms with Crippen molar-refractivity contribution in [3.05, 3.63) is 95.1 Å². The molecule has 0 spiro atoms.